The molecule has 0 bridgehead atoms. The molecule has 2 N–H and O–H groups in total. The summed E-state index contributed by atoms with van der Waals surface area (Å²) in [5.41, 5.74) is 8.68. The van der Waals surface area contributed by atoms with E-state index in [9.17, 15) is 9.90 Å². The number of aliphatic hydroxyl groups excluding tert-OH is 1. The van der Waals surface area contributed by atoms with Crippen LogP contribution in [0.3, 0.4) is 0 Å². The van der Waals surface area contributed by atoms with Gasteiger partial charge in [0.05, 0.1) is 18.2 Å². The summed E-state index contributed by atoms with van der Waals surface area (Å²) in [5.74, 6) is 2.06. The van der Waals surface area contributed by atoms with Crippen molar-refractivity contribution < 1.29 is 19.4 Å². The maximum atomic E-state index is 11.6. The molecule has 2 saturated carbocycles. The summed E-state index contributed by atoms with van der Waals surface area (Å²) in [6.07, 6.45) is 8.33. The van der Waals surface area contributed by atoms with Gasteiger partial charge < -0.3 is 19.9 Å². The molecule has 4 atom stereocenters. The van der Waals surface area contributed by atoms with E-state index in [0.717, 1.165) is 109 Å². The Balaban J connectivity index is 1.05. The molecule has 3 aromatic carbocycles. The van der Waals surface area contributed by atoms with Crippen molar-refractivity contribution in [1.29, 1.82) is 0 Å². The molecule has 0 aliphatic heterocycles. The Morgan fingerprint density at radius 1 is 0.918 bits per heavy atom. The Hall–Kier alpha value is -3.42. The molecule has 4 aromatic rings. The summed E-state index contributed by atoms with van der Waals surface area (Å²) in [6, 6.07) is 23.0. The van der Waals surface area contributed by atoms with Crippen LogP contribution in [-0.2, 0) is 24.2 Å². The number of ether oxygens (including phenoxy) is 2. The van der Waals surface area contributed by atoms with Gasteiger partial charge in [-0.1, -0.05) is 90.3 Å². The third-order valence-electron chi connectivity index (χ3n) is 10.7. The first-order chi connectivity index (χ1) is 23.9. The third-order valence-corrected chi connectivity index (χ3v) is 11.4. The maximum absolute atomic E-state index is 11.6. The molecule has 6 nitrogen and oxygen atoms in total. The van der Waals surface area contributed by atoms with Crippen LogP contribution in [0.25, 0.3) is 22.3 Å². The summed E-state index contributed by atoms with van der Waals surface area (Å²) < 4.78 is 12.2. The quantitative estimate of drug-likeness (QED) is 0.153. The van der Waals surface area contributed by atoms with Gasteiger partial charge in [0.15, 0.2) is 0 Å². The molecular formula is C41H44Cl2N2O4. The Bertz CT molecular complexity index is 1810. The minimum Gasteiger partial charge on any atom is -0.481 e. The van der Waals surface area contributed by atoms with Crippen molar-refractivity contribution in [2.24, 2.45) is 11.8 Å². The summed E-state index contributed by atoms with van der Waals surface area (Å²) in [6.45, 7) is 1.66. The smallest absolute Gasteiger partial charge is 0.236 e. The van der Waals surface area contributed by atoms with E-state index in [2.05, 4.69) is 66.0 Å². The molecule has 0 saturated heterocycles. The van der Waals surface area contributed by atoms with Crippen LogP contribution in [-0.4, -0.2) is 35.6 Å². The van der Waals surface area contributed by atoms with Crippen molar-refractivity contribution >= 4 is 29.0 Å². The fourth-order valence-corrected chi connectivity index (χ4v) is 8.56. The molecule has 256 valence electrons. The average molecular weight is 700 g/mol. The van der Waals surface area contributed by atoms with Gasteiger partial charge in [-0.05, 0) is 97.2 Å². The van der Waals surface area contributed by atoms with E-state index < -0.39 is 0 Å². The van der Waals surface area contributed by atoms with E-state index in [0.29, 0.717) is 40.8 Å². The first kappa shape index (κ1) is 34.0. The Morgan fingerprint density at radius 3 is 2.47 bits per heavy atom. The first-order valence-electron chi connectivity index (χ1n) is 17.7. The summed E-state index contributed by atoms with van der Waals surface area (Å²) >= 11 is 13.9. The third kappa shape index (κ3) is 7.53. The summed E-state index contributed by atoms with van der Waals surface area (Å²) in [5, 5.41) is 15.0. The first-order valence-corrected chi connectivity index (χ1v) is 18.4. The van der Waals surface area contributed by atoms with Crippen LogP contribution in [0.15, 0.2) is 66.7 Å². The van der Waals surface area contributed by atoms with Crippen LogP contribution in [0.1, 0.15) is 79.7 Å². The van der Waals surface area contributed by atoms with Crippen LogP contribution < -0.4 is 14.8 Å². The van der Waals surface area contributed by atoms with Gasteiger partial charge in [-0.2, -0.15) is 4.98 Å². The standard InChI is InChI=1S/C41H44Cl2N2O4/c1-48-40-29(17-16-28-5-2-10-37(28)47)22-36(42)41(45-40)49-38-20-19-33-32(7-4-8-34(33)38)35-9-3-6-31(39(35)43)27-14-11-25(12-15-27)23-44-24-26-13-18-30(46)21-26/h3-4,6-9,11-12,14-15,22,26,28,37-38,44,47H,2,5,10,13,16-21,23-24H2,1H3/t26-,28+,37+,38+/m1/s1. The lowest BCUT2D eigenvalue weighted by atomic mass is 9.93. The molecule has 0 spiro atoms. The zero-order valence-electron chi connectivity index (χ0n) is 28.0. The number of benzene rings is 3. The van der Waals surface area contributed by atoms with Crippen molar-refractivity contribution in [2.75, 3.05) is 13.7 Å². The predicted octanol–water partition coefficient (Wildman–Crippen LogP) is 9.35. The van der Waals surface area contributed by atoms with E-state index >= 15 is 0 Å². The molecule has 0 unspecified atom stereocenters. The molecular weight excluding hydrogens is 655 g/mol. The highest BCUT2D eigenvalue weighted by atomic mass is 35.5. The summed E-state index contributed by atoms with van der Waals surface area (Å²) in [7, 11) is 1.62. The fraction of sp³-hybridized carbons (Fsp3) is 0.415. The number of aryl methyl sites for hydroxylation is 1. The number of nitrogens with zero attached hydrogens (tertiary/aromatic N) is 1. The number of carbonyl (C=O) groups is 1. The Kier molecular flexibility index (Phi) is 10.6. The number of halogens is 2. The maximum Gasteiger partial charge on any atom is 0.236 e. The second-order valence-corrected chi connectivity index (χ2v) is 14.7. The fourth-order valence-electron chi connectivity index (χ4n) is 8.00. The van der Waals surface area contributed by atoms with Gasteiger partial charge >= 0.3 is 0 Å². The highest BCUT2D eigenvalue weighted by Gasteiger charge is 2.30. The lowest BCUT2D eigenvalue weighted by molar-refractivity contribution is -0.117. The normalized spacial score (nSPS) is 21.7. The van der Waals surface area contributed by atoms with Crippen molar-refractivity contribution in [3.8, 4) is 34.0 Å². The highest BCUT2D eigenvalue weighted by Crippen LogP contribution is 2.45. The molecule has 7 rings (SSSR count). The van der Waals surface area contributed by atoms with Crippen molar-refractivity contribution in [2.45, 2.75) is 83.0 Å². The number of nitrogens with one attached hydrogen (secondary N) is 1. The Morgan fingerprint density at radius 2 is 1.71 bits per heavy atom. The summed E-state index contributed by atoms with van der Waals surface area (Å²) in [4.78, 5) is 16.3. The Labute approximate surface area is 299 Å². The number of aromatic nitrogens is 1. The van der Waals surface area contributed by atoms with Crippen LogP contribution >= 0.6 is 23.2 Å². The van der Waals surface area contributed by atoms with Gasteiger partial charge in [-0.15, -0.1) is 0 Å². The van der Waals surface area contributed by atoms with E-state index in [1.165, 1.54) is 11.1 Å². The average Bonchev–Trinajstić information content (AvgIpc) is 3.85. The number of hydrogen-bond donors (Lipinski definition) is 2. The van der Waals surface area contributed by atoms with Crippen LogP contribution in [0.2, 0.25) is 10.0 Å². The van der Waals surface area contributed by atoms with Crippen molar-refractivity contribution in [3.05, 3.63) is 99.0 Å². The molecule has 3 aliphatic rings. The monoisotopic (exact) mass is 698 g/mol. The van der Waals surface area contributed by atoms with Crippen LogP contribution in [0, 0.1) is 11.8 Å². The number of hydrogen-bond acceptors (Lipinski definition) is 6. The van der Waals surface area contributed by atoms with E-state index in [1.807, 2.05) is 6.07 Å². The molecule has 0 radical (unpaired) electrons. The van der Waals surface area contributed by atoms with E-state index in [-0.39, 0.29) is 12.2 Å². The highest BCUT2D eigenvalue weighted by molar-refractivity contribution is 6.36. The number of rotatable bonds is 12. The number of ketones is 1. The largest absolute Gasteiger partial charge is 0.481 e. The molecule has 49 heavy (non-hydrogen) atoms. The molecule has 1 aromatic heterocycles. The molecule has 2 fully saturated rings. The zero-order chi connectivity index (χ0) is 33.9. The second-order valence-electron chi connectivity index (χ2n) is 13.9. The van der Waals surface area contributed by atoms with Gasteiger partial charge in [0, 0.05) is 36.1 Å². The molecule has 1 heterocycles. The second kappa shape index (κ2) is 15.2. The molecule has 8 heteroatoms. The van der Waals surface area contributed by atoms with Crippen molar-refractivity contribution in [3.63, 3.8) is 0 Å². The number of Topliss-reactive ketones (excluding diaryl/α,β-unsaturated/α-hetero) is 1. The number of pyridine rings is 1. The van der Waals surface area contributed by atoms with E-state index in [1.54, 1.807) is 7.11 Å². The lowest BCUT2D eigenvalue weighted by Crippen LogP contribution is -2.21. The minimum absolute atomic E-state index is 0.193. The number of aliphatic hydroxyl groups is 1. The number of methoxy groups -OCH3 is 1. The SMILES string of the molecule is COc1nc(O[C@H]2CCc3c(-c4cccc(-c5ccc(CNC[C@@H]6CCC(=O)C6)cc5)c4Cl)cccc32)c(Cl)cc1CC[C@@H]1CCC[C@@H]1O. The van der Waals surface area contributed by atoms with E-state index in [4.69, 9.17) is 37.7 Å². The van der Waals surface area contributed by atoms with Gasteiger partial charge in [0.25, 0.3) is 0 Å². The van der Waals surface area contributed by atoms with Crippen LogP contribution in [0.4, 0.5) is 0 Å². The minimum atomic E-state index is -0.220. The van der Waals surface area contributed by atoms with Crippen molar-refractivity contribution in [1.82, 2.24) is 10.3 Å². The lowest BCUT2D eigenvalue weighted by Gasteiger charge is -2.19. The number of carbonyl (C=O) groups excluding carboxylic acids is 1. The van der Waals surface area contributed by atoms with Gasteiger partial charge in [-0.3, -0.25) is 4.79 Å². The van der Waals surface area contributed by atoms with Gasteiger partial charge in [-0.25, -0.2) is 0 Å². The van der Waals surface area contributed by atoms with Gasteiger partial charge in [0.2, 0.25) is 11.8 Å². The molecule has 3 aliphatic carbocycles. The predicted molar refractivity (Wildman–Crippen MR) is 196 cm³/mol. The zero-order valence-corrected chi connectivity index (χ0v) is 29.5. The number of fused-ring (bicyclic) bond motifs is 1. The topological polar surface area (TPSA) is 80.7 Å². The molecule has 0 amide bonds. The van der Waals surface area contributed by atoms with Crippen LogP contribution in [0.5, 0.6) is 11.8 Å². The van der Waals surface area contributed by atoms with Gasteiger partial charge in [0.1, 0.15) is 16.9 Å².